The number of hydrogen-bond acceptors (Lipinski definition) is 3. The van der Waals surface area contributed by atoms with Crippen LogP contribution in [-0.2, 0) is 9.31 Å². The van der Waals surface area contributed by atoms with Gasteiger partial charge in [0.1, 0.15) is 11.2 Å². The third kappa shape index (κ3) is 3.15. The fourth-order valence-corrected chi connectivity index (χ4v) is 5.35. The van der Waals surface area contributed by atoms with Crippen LogP contribution in [0.1, 0.15) is 27.7 Å². The lowest BCUT2D eigenvalue weighted by Gasteiger charge is -2.32. The van der Waals surface area contributed by atoms with Gasteiger partial charge in [-0.25, -0.2) is 0 Å². The van der Waals surface area contributed by atoms with E-state index in [0.717, 1.165) is 33.1 Å². The fraction of sp³-hybridized carbons (Fsp3) is 0.188. The molecule has 0 unspecified atom stereocenters. The monoisotopic (exact) mass is 470 g/mol. The van der Waals surface area contributed by atoms with Gasteiger partial charge in [0.2, 0.25) is 0 Å². The quantitative estimate of drug-likeness (QED) is 0.191. The largest absolute Gasteiger partial charge is 0.494 e. The van der Waals surface area contributed by atoms with Gasteiger partial charge in [-0.1, -0.05) is 72.8 Å². The molecule has 0 N–H and O–H groups in total. The predicted molar refractivity (Wildman–Crippen MR) is 150 cm³/mol. The summed E-state index contributed by atoms with van der Waals surface area (Å²) in [6, 6.07) is 32.2. The lowest BCUT2D eigenvalue weighted by molar-refractivity contribution is 0.00578. The lowest BCUT2D eigenvalue weighted by atomic mass is 9.78. The highest BCUT2D eigenvalue weighted by atomic mass is 16.7. The topological polar surface area (TPSA) is 31.6 Å². The highest BCUT2D eigenvalue weighted by Crippen LogP contribution is 2.40. The first-order valence-corrected chi connectivity index (χ1v) is 12.5. The van der Waals surface area contributed by atoms with Crippen LogP contribution in [0, 0.1) is 0 Å². The highest BCUT2D eigenvalue weighted by Gasteiger charge is 2.51. The number of hydrogen-bond donors (Lipinski definition) is 0. The molecule has 0 saturated carbocycles. The molecule has 0 amide bonds. The van der Waals surface area contributed by atoms with Crippen molar-refractivity contribution in [2.24, 2.45) is 0 Å². The van der Waals surface area contributed by atoms with Crippen molar-refractivity contribution >= 4 is 56.1 Å². The Morgan fingerprint density at radius 1 is 0.556 bits per heavy atom. The molecule has 4 heteroatoms. The van der Waals surface area contributed by atoms with E-state index in [9.17, 15) is 0 Å². The van der Waals surface area contributed by atoms with Crippen molar-refractivity contribution in [2.75, 3.05) is 0 Å². The van der Waals surface area contributed by atoms with Crippen molar-refractivity contribution in [2.45, 2.75) is 38.9 Å². The first-order chi connectivity index (χ1) is 17.3. The van der Waals surface area contributed by atoms with Crippen LogP contribution in [0.25, 0.3) is 54.6 Å². The van der Waals surface area contributed by atoms with Crippen LogP contribution in [0.2, 0.25) is 0 Å². The summed E-state index contributed by atoms with van der Waals surface area (Å²) in [4.78, 5) is 0. The van der Waals surface area contributed by atoms with Crippen molar-refractivity contribution in [1.29, 1.82) is 0 Å². The smallest absolute Gasteiger partial charge is 0.456 e. The van der Waals surface area contributed by atoms with E-state index in [1.807, 2.05) is 0 Å². The first kappa shape index (κ1) is 21.7. The number of furan rings is 1. The Kier molecular flexibility index (Phi) is 4.49. The normalized spacial score (nSPS) is 17.1. The molecular weight excluding hydrogens is 443 g/mol. The Morgan fingerprint density at radius 2 is 1.19 bits per heavy atom. The summed E-state index contributed by atoms with van der Waals surface area (Å²) in [6.45, 7) is 8.33. The Morgan fingerprint density at radius 3 is 1.97 bits per heavy atom. The van der Waals surface area contributed by atoms with Crippen LogP contribution < -0.4 is 5.46 Å². The number of benzene rings is 5. The van der Waals surface area contributed by atoms with E-state index in [1.165, 1.54) is 26.9 Å². The fourth-order valence-electron chi connectivity index (χ4n) is 5.35. The lowest BCUT2D eigenvalue weighted by Crippen LogP contribution is -2.41. The summed E-state index contributed by atoms with van der Waals surface area (Å²) < 4.78 is 18.8. The van der Waals surface area contributed by atoms with E-state index in [-0.39, 0.29) is 18.3 Å². The molecule has 2 heterocycles. The van der Waals surface area contributed by atoms with Gasteiger partial charge < -0.3 is 13.7 Å². The van der Waals surface area contributed by atoms with Crippen molar-refractivity contribution in [3.63, 3.8) is 0 Å². The van der Waals surface area contributed by atoms with E-state index < -0.39 is 0 Å². The minimum absolute atomic E-state index is 0.351. The van der Waals surface area contributed by atoms with Gasteiger partial charge in [-0.15, -0.1) is 0 Å². The molecule has 5 aromatic carbocycles. The maximum Gasteiger partial charge on any atom is 0.494 e. The van der Waals surface area contributed by atoms with Gasteiger partial charge >= 0.3 is 7.12 Å². The van der Waals surface area contributed by atoms with Gasteiger partial charge in [-0.2, -0.15) is 0 Å². The standard InChI is InChI=1S/C32H27BO3/c1-31(2)32(3,4)36-33(35-31)24-15-11-20(12-16-24)23-14-17-27-26(19-23)30-28(34-27)18-13-22-10-9-21-7-5-6-8-25(21)29(22)30/h5-19H,1-4H3. The van der Waals surface area contributed by atoms with E-state index >= 15 is 0 Å². The minimum Gasteiger partial charge on any atom is -0.456 e. The maximum absolute atomic E-state index is 6.29. The molecule has 1 aliphatic heterocycles. The minimum atomic E-state index is -0.357. The predicted octanol–water partition coefficient (Wildman–Crippen LogP) is 7.86. The second-order valence-electron chi connectivity index (χ2n) is 10.8. The SMILES string of the molecule is CC1(C)OB(c2ccc(-c3ccc4oc5ccc6ccc7ccccc7c6c5c4c3)cc2)OC1(C)C. The van der Waals surface area contributed by atoms with E-state index in [4.69, 9.17) is 13.7 Å². The molecule has 1 aliphatic rings. The average Bonchev–Trinajstić information content (AvgIpc) is 3.36. The molecule has 0 spiro atoms. The summed E-state index contributed by atoms with van der Waals surface area (Å²) in [6.07, 6.45) is 0. The van der Waals surface area contributed by atoms with Crippen LogP contribution in [0.3, 0.4) is 0 Å². The summed E-state index contributed by atoms with van der Waals surface area (Å²) in [5, 5.41) is 7.27. The Hall–Kier alpha value is -3.60. The number of rotatable bonds is 2. The molecule has 36 heavy (non-hydrogen) atoms. The van der Waals surface area contributed by atoms with Crippen molar-refractivity contribution < 1.29 is 13.7 Å². The van der Waals surface area contributed by atoms with Crippen molar-refractivity contribution in [3.05, 3.63) is 91.0 Å². The van der Waals surface area contributed by atoms with E-state index in [1.54, 1.807) is 0 Å². The molecule has 1 aromatic heterocycles. The molecule has 0 bridgehead atoms. The first-order valence-electron chi connectivity index (χ1n) is 12.5. The van der Waals surface area contributed by atoms with Gasteiger partial charge in [-0.3, -0.25) is 0 Å². The Bertz CT molecular complexity index is 1780. The molecule has 6 aromatic rings. The molecule has 176 valence electrons. The zero-order valence-electron chi connectivity index (χ0n) is 21.0. The van der Waals surface area contributed by atoms with E-state index in [0.29, 0.717) is 0 Å². The zero-order valence-corrected chi connectivity index (χ0v) is 21.0. The van der Waals surface area contributed by atoms with E-state index in [2.05, 4.69) is 119 Å². The highest BCUT2D eigenvalue weighted by molar-refractivity contribution is 6.62. The zero-order chi connectivity index (χ0) is 24.7. The van der Waals surface area contributed by atoms with Crippen LogP contribution in [0.15, 0.2) is 95.4 Å². The summed E-state index contributed by atoms with van der Waals surface area (Å²) in [5.41, 5.74) is 4.46. The Balaban J connectivity index is 1.35. The molecule has 1 saturated heterocycles. The summed E-state index contributed by atoms with van der Waals surface area (Å²) in [5.74, 6) is 0. The van der Waals surface area contributed by atoms with Gasteiger partial charge in [-0.05, 0) is 78.6 Å². The molecule has 0 atom stereocenters. The van der Waals surface area contributed by atoms with Crippen LogP contribution in [-0.4, -0.2) is 18.3 Å². The molecular formula is C32H27BO3. The summed E-state index contributed by atoms with van der Waals surface area (Å²) in [7, 11) is -0.357. The number of fused-ring (bicyclic) bond motifs is 7. The molecule has 7 rings (SSSR count). The van der Waals surface area contributed by atoms with Crippen LogP contribution in [0.5, 0.6) is 0 Å². The Labute approximate surface area is 210 Å². The average molecular weight is 470 g/mol. The third-order valence-corrected chi connectivity index (χ3v) is 8.11. The van der Waals surface area contributed by atoms with Crippen molar-refractivity contribution in [1.82, 2.24) is 0 Å². The van der Waals surface area contributed by atoms with Gasteiger partial charge in [0.05, 0.1) is 11.2 Å². The third-order valence-electron chi connectivity index (χ3n) is 8.11. The van der Waals surface area contributed by atoms with Gasteiger partial charge in [0.25, 0.3) is 0 Å². The van der Waals surface area contributed by atoms with Gasteiger partial charge in [0.15, 0.2) is 0 Å². The summed E-state index contributed by atoms with van der Waals surface area (Å²) >= 11 is 0. The molecule has 3 nitrogen and oxygen atoms in total. The molecule has 0 radical (unpaired) electrons. The van der Waals surface area contributed by atoms with Crippen LogP contribution in [0.4, 0.5) is 0 Å². The second-order valence-corrected chi connectivity index (χ2v) is 10.8. The second kappa shape index (κ2) is 7.46. The molecule has 0 aliphatic carbocycles. The van der Waals surface area contributed by atoms with Crippen LogP contribution >= 0.6 is 0 Å². The maximum atomic E-state index is 6.29. The van der Waals surface area contributed by atoms with Gasteiger partial charge in [0, 0.05) is 16.2 Å². The van der Waals surface area contributed by atoms with Crippen molar-refractivity contribution in [3.8, 4) is 11.1 Å². The molecule has 1 fully saturated rings.